The standard InChI is InChI=1S/C25H21F3O4S/c26-25(27,28)20-10-8-17(9-11-20)12-13-32-23(29)15-18-4-3-6-21(14-18)33-16-19-5-1-2-7-22(19)24(30)31/h1-11,14H,12-13,15-16H2,(H,30,31). The maximum absolute atomic E-state index is 12.6. The lowest BCUT2D eigenvalue weighted by Crippen LogP contribution is -2.11. The Hall–Kier alpha value is -3.26. The Morgan fingerprint density at radius 2 is 1.64 bits per heavy atom. The second-order valence-corrected chi connectivity index (χ2v) is 8.29. The molecule has 0 radical (unpaired) electrons. The smallest absolute Gasteiger partial charge is 0.416 e. The quantitative estimate of drug-likeness (QED) is 0.303. The van der Waals surface area contributed by atoms with Gasteiger partial charge in [-0.15, -0.1) is 11.8 Å². The molecule has 0 atom stereocenters. The van der Waals surface area contributed by atoms with Crippen LogP contribution in [0, 0.1) is 0 Å². The summed E-state index contributed by atoms with van der Waals surface area (Å²) < 4.78 is 43.0. The van der Waals surface area contributed by atoms with Crippen molar-refractivity contribution in [3.8, 4) is 0 Å². The molecule has 3 rings (SSSR count). The molecular formula is C25H21F3O4S. The minimum Gasteiger partial charge on any atom is -0.478 e. The van der Waals surface area contributed by atoms with Crippen molar-refractivity contribution in [1.82, 2.24) is 0 Å². The third-order valence-corrected chi connectivity index (χ3v) is 5.87. The lowest BCUT2D eigenvalue weighted by Gasteiger charge is -2.09. The van der Waals surface area contributed by atoms with Crippen molar-refractivity contribution in [2.45, 2.75) is 29.7 Å². The van der Waals surface area contributed by atoms with E-state index in [1.807, 2.05) is 18.2 Å². The highest BCUT2D eigenvalue weighted by molar-refractivity contribution is 7.98. The molecule has 33 heavy (non-hydrogen) atoms. The number of rotatable bonds is 9. The number of carboxylic acid groups (broad SMARTS) is 1. The molecule has 3 aromatic carbocycles. The molecule has 0 spiro atoms. The predicted octanol–water partition coefficient (Wildman–Crippen LogP) is 6.02. The zero-order valence-electron chi connectivity index (χ0n) is 17.5. The Bertz CT molecular complexity index is 1110. The average Bonchev–Trinajstić information content (AvgIpc) is 2.78. The molecule has 0 aliphatic heterocycles. The molecule has 0 saturated carbocycles. The van der Waals surface area contributed by atoms with Gasteiger partial charge in [0.15, 0.2) is 0 Å². The summed E-state index contributed by atoms with van der Waals surface area (Å²) in [6.07, 6.45) is -3.99. The van der Waals surface area contributed by atoms with Crippen molar-refractivity contribution in [2.75, 3.05) is 6.61 Å². The fraction of sp³-hybridized carbons (Fsp3) is 0.200. The van der Waals surface area contributed by atoms with E-state index in [9.17, 15) is 27.9 Å². The van der Waals surface area contributed by atoms with Crippen LogP contribution in [0.5, 0.6) is 0 Å². The number of ether oxygens (including phenoxy) is 1. The molecule has 3 aromatic rings. The highest BCUT2D eigenvalue weighted by atomic mass is 32.2. The summed E-state index contributed by atoms with van der Waals surface area (Å²) in [5, 5.41) is 9.29. The van der Waals surface area contributed by atoms with Gasteiger partial charge in [0.2, 0.25) is 0 Å². The molecule has 0 aromatic heterocycles. The van der Waals surface area contributed by atoms with Crippen LogP contribution >= 0.6 is 11.8 Å². The molecule has 172 valence electrons. The van der Waals surface area contributed by atoms with Gasteiger partial charge in [-0.3, -0.25) is 4.79 Å². The maximum Gasteiger partial charge on any atom is 0.416 e. The van der Waals surface area contributed by atoms with Crippen molar-refractivity contribution in [1.29, 1.82) is 0 Å². The summed E-state index contributed by atoms with van der Waals surface area (Å²) in [5.41, 5.74) is 1.66. The van der Waals surface area contributed by atoms with Crippen LogP contribution in [-0.4, -0.2) is 23.7 Å². The molecule has 0 amide bonds. The van der Waals surface area contributed by atoms with Crippen molar-refractivity contribution in [3.05, 3.63) is 101 Å². The number of carbonyl (C=O) groups is 2. The number of aromatic carboxylic acids is 1. The molecule has 0 unspecified atom stereocenters. The normalized spacial score (nSPS) is 11.2. The van der Waals surface area contributed by atoms with Gasteiger partial charge >= 0.3 is 18.1 Å². The molecule has 0 heterocycles. The van der Waals surface area contributed by atoms with Crippen molar-refractivity contribution in [2.24, 2.45) is 0 Å². The summed E-state index contributed by atoms with van der Waals surface area (Å²) >= 11 is 1.47. The monoisotopic (exact) mass is 474 g/mol. The fourth-order valence-corrected chi connectivity index (χ4v) is 4.11. The van der Waals surface area contributed by atoms with Crippen LogP contribution in [-0.2, 0) is 34.3 Å². The van der Waals surface area contributed by atoms with E-state index in [0.29, 0.717) is 23.3 Å². The van der Waals surface area contributed by atoms with Crippen LogP contribution < -0.4 is 0 Å². The van der Waals surface area contributed by atoms with Gasteiger partial charge in [0.05, 0.1) is 24.2 Å². The first-order valence-electron chi connectivity index (χ1n) is 10.1. The average molecular weight is 475 g/mol. The SMILES string of the molecule is O=C(Cc1cccc(SCc2ccccc2C(=O)O)c1)OCCc1ccc(C(F)(F)F)cc1. The highest BCUT2D eigenvalue weighted by Gasteiger charge is 2.29. The van der Waals surface area contributed by atoms with Gasteiger partial charge < -0.3 is 9.84 Å². The van der Waals surface area contributed by atoms with E-state index in [1.165, 1.54) is 23.9 Å². The number of hydrogen-bond acceptors (Lipinski definition) is 4. The van der Waals surface area contributed by atoms with Crippen LogP contribution in [0.1, 0.15) is 32.6 Å². The van der Waals surface area contributed by atoms with Crippen LogP contribution in [0.4, 0.5) is 13.2 Å². The number of halogens is 3. The Balaban J connectivity index is 1.49. The van der Waals surface area contributed by atoms with E-state index >= 15 is 0 Å². The Labute approximate surface area is 193 Å². The highest BCUT2D eigenvalue weighted by Crippen LogP contribution is 2.29. The first kappa shape index (κ1) is 24.4. The van der Waals surface area contributed by atoms with Gasteiger partial charge in [0.1, 0.15) is 0 Å². The molecule has 0 bridgehead atoms. The van der Waals surface area contributed by atoms with E-state index in [0.717, 1.165) is 22.6 Å². The molecular weight excluding hydrogens is 453 g/mol. The van der Waals surface area contributed by atoms with E-state index in [1.54, 1.807) is 30.3 Å². The van der Waals surface area contributed by atoms with Gasteiger partial charge in [0, 0.05) is 17.1 Å². The fourth-order valence-electron chi connectivity index (χ4n) is 3.12. The van der Waals surface area contributed by atoms with E-state index in [-0.39, 0.29) is 18.6 Å². The summed E-state index contributed by atoms with van der Waals surface area (Å²) in [7, 11) is 0. The first-order chi connectivity index (χ1) is 15.7. The first-order valence-corrected chi connectivity index (χ1v) is 11.1. The molecule has 1 N–H and O–H groups in total. The number of benzene rings is 3. The van der Waals surface area contributed by atoms with Crippen LogP contribution in [0.3, 0.4) is 0 Å². The maximum atomic E-state index is 12.6. The van der Waals surface area contributed by atoms with Crippen molar-refractivity contribution < 1.29 is 32.6 Å². The van der Waals surface area contributed by atoms with Gasteiger partial charge in [-0.1, -0.05) is 42.5 Å². The second kappa shape index (κ2) is 11.0. The lowest BCUT2D eigenvalue weighted by atomic mass is 10.1. The van der Waals surface area contributed by atoms with Crippen molar-refractivity contribution >= 4 is 23.7 Å². The summed E-state index contributed by atoms with van der Waals surface area (Å²) in [6, 6.07) is 18.9. The van der Waals surface area contributed by atoms with Crippen molar-refractivity contribution in [3.63, 3.8) is 0 Å². The second-order valence-electron chi connectivity index (χ2n) is 7.24. The molecule has 0 aliphatic rings. The van der Waals surface area contributed by atoms with E-state index in [4.69, 9.17) is 4.74 Å². The molecule has 8 heteroatoms. The minimum atomic E-state index is -4.38. The third-order valence-electron chi connectivity index (χ3n) is 4.82. The zero-order chi connectivity index (χ0) is 23.8. The Morgan fingerprint density at radius 1 is 0.909 bits per heavy atom. The van der Waals surface area contributed by atoms with Crippen LogP contribution in [0.25, 0.3) is 0 Å². The number of alkyl halides is 3. The van der Waals surface area contributed by atoms with Gasteiger partial charge in [0.25, 0.3) is 0 Å². The van der Waals surface area contributed by atoms with E-state index in [2.05, 4.69) is 0 Å². The molecule has 0 aliphatic carbocycles. The third kappa shape index (κ3) is 7.39. The number of esters is 1. The number of thioether (sulfide) groups is 1. The largest absolute Gasteiger partial charge is 0.478 e. The minimum absolute atomic E-state index is 0.0626. The Morgan fingerprint density at radius 3 is 2.33 bits per heavy atom. The lowest BCUT2D eigenvalue weighted by molar-refractivity contribution is -0.142. The predicted molar refractivity (Wildman–Crippen MR) is 119 cm³/mol. The van der Waals surface area contributed by atoms with Crippen LogP contribution in [0.2, 0.25) is 0 Å². The summed E-state index contributed by atoms with van der Waals surface area (Å²) in [5.74, 6) is -0.928. The van der Waals surface area contributed by atoms with E-state index < -0.39 is 23.7 Å². The number of carboxylic acids is 1. The van der Waals surface area contributed by atoms with Gasteiger partial charge in [-0.2, -0.15) is 13.2 Å². The zero-order valence-corrected chi connectivity index (χ0v) is 18.3. The van der Waals surface area contributed by atoms with Gasteiger partial charge in [-0.25, -0.2) is 4.79 Å². The molecule has 4 nitrogen and oxygen atoms in total. The summed E-state index contributed by atoms with van der Waals surface area (Å²) in [6.45, 7) is 0.0740. The topological polar surface area (TPSA) is 63.6 Å². The summed E-state index contributed by atoms with van der Waals surface area (Å²) in [4.78, 5) is 24.4. The number of hydrogen-bond donors (Lipinski definition) is 1. The van der Waals surface area contributed by atoms with Gasteiger partial charge in [-0.05, 0) is 47.0 Å². The Kier molecular flexibility index (Phi) is 8.16. The molecule has 0 saturated heterocycles. The van der Waals surface area contributed by atoms with Crippen LogP contribution in [0.15, 0.2) is 77.7 Å². The molecule has 0 fully saturated rings. The number of carbonyl (C=O) groups excluding carboxylic acids is 1.